The summed E-state index contributed by atoms with van der Waals surface area (Å²) >= 11 is 0. The second-order valence-corrected chi connectivity index (χ2v) is 11.2. The van der Waals surface area contributed by atoms with Gasteiger partial charge in [-0.05, 0) is 56.4 Å². The van der Waals surface area contributed by atoms with Crippen molar-refractivity contribution in [2.45, 2.75) is 123 Å². The van der Waals surface area contributed by atoms with Crippen LogP contribution in [-0.4, -0.2) is 32.6 Å². The lowest BCUT2D eigenvalue weighted by atomic mass is 9.55. The van der Waals surface area contributed by atoms with Crippen LogP contribution < -0.4 is 11.1 Å². The van der Waals surface area contributed by atoms with Crippen molar-refractivity contribution >= 4 is 11.9 Å². The van der Waals surface area contributed by atoms with E-state index >= 15 is 0 Å². The first kappa shape index (κ1) is 28.5. The van der Waals surface area contributed by atoms with Gasteiger partial charge in [0.05, 0.1) is 5.41 Å². The van der Waals surface area contributed by atoms with Crippen LogP contribution in [0.5, 0.6) is 0 Å². The van der Waals surface area contributed by atoms with Crippen molar-refractivity contribution in [3.63, 3.8) is 0 Å². The molecular weight excluding hydrogens is 424 g/mol. The quantitative estimate of drug-likeness (QED) is 0.262. The summed E-state index contributed by atoms with van der Waals surface area (Å²) in [5.41, 5.74) is 5.40. The van der Waals surface area contributed by atoms with Gasteiger partial charge >= 0.3 is 5.97 Å². The van der Waals surface area contributed by atoms with Crippen LogP contribution in [0.15, 0.2) is 18.5 Å². The van der Waals surface area contributed by atoms with E-state index in [4.69, 9.17) is 5.73 Å². The molecule has 1 fully saturated rings. The molecule has 1 aliphatic carbocycles. The molecule has 1 aliphatic rings. The molecule has 6 atom stereocenters. The highest BCUT2D eigenvalue weighted by Crippen LogP contribution is 2.51. The molecule has 0 amide bonds. The van der Waals surface area contributed by atoms with Gasteiger partial charge < -0.3 is 16.2 Å². The monoisotopic (exact) mass is 474 g/mol. The number of rotatable bonds is 15. The smallest absolute Gasteiger partial charge is 0.311 e. The van der Waals surface area contributed by atoms with Gasteiger partial charge in [0, 0.05) is 24.0 Å². The lowest BCUT2D eigenvalue weighted by Crippen LogP contribution is -2.62. The maximum Gasteiger partial charge on any atom is 0.311 e. The fourth-order valence-corrected chi connectivity index (χ4v) is 6.42. The third-order valence-corrected chi connectivity index (χ3v) is 8.17. The van der Waals surface area contributed by atoms with Gasteiger partial charge in [-0.3, -0.25) is 4.79 Å². The van der Waals surface area contributed by atoms with E-state index in [9.17, 15) is 9.90 Å². The third kappa shape index (κ3) is 7.66. The number of nitrogens with zero attached hydrogens (tertiary/aromatic N) is 2. The number of unbranched alkanes of at least 4 members (excludes halogenated alkanes) is 2. The molecule has 1 aromatic rings. The van der Waals surface area contributed by atoms with E-state index < -0.39 is 16.9 Å². The minimum atomic E-state index is -0.941. The standard InChI is InChI=1S/C28H50N4O2/c1-6-10-13-21(8-3)17-23-19-27(5,29)20-28(25(33)34,18-22(9-4)14-11-7-2)24(23)32-26-30-15-12-16-31-26/h12,15-16,21-24H,6-11,13-14,17-20,29H2,1-5H3,(H,33,34)(H,30,31,32). The maximum absolute atomic E-state index is 13.2. The maximum atomic E-state index is 13.2. The zero-order chi connectivity index (χ0) is 25.2. The number of carbonyl (C=O) groups is 1. The zero-order valence-corrected chi connectivity index (χ0v) is 22.4. The number of nitrogens with two attached hydrogens (primary N) is 1. The van der Waals surface area contributed by atoms with Crippen molar-refractivity contribution in [3.8, 4) is 0 Å². The summed E-state index contributed by atoms with van der Waals surface area (Å²) in [6.45, 7) is 10.9. The molecule has 6 unspecified atom stereocenters. The Kier molecular flexibility index (Phi) is 11.3. The van der Waals surface area contributed by atoms with Gasteiger partial charge in [-0.15, -0.1) is 0 Å². The molecule has 6 heteroatoms. The van der Waals surface area contributed by atoms with Gasteiger partial charge in [0.25, 0.3) is 0 Å². The van der Waals surface area contributed by atoms with Gasteiger partial charge in [0.1, 0.15) is 0 Å². The van der Waals surface area contributed by atoms with Gasteiger partial charge in [0.15, 0.2) is 0 Å². The van der Waals surface area contributed by atoms with Crippen LogP contribution in [0, 0.1) is 23.2 Å². The lowest BCUT2D eigenvalue weighted by Gasteiger charge is -2.53. The predicted octanol–water partition coefficient (Wildman–Crippen LogP) is 6.67. The molecule has 0 saturated heterocycles. The van der Waals surface area contributed by atoms with Gasteiger partial charge in [-0.25, -0.2) is 9.97 Å². The molecule has 0 aromatic carbocycles. The highest BCUT2D eigenvalue weighted by atomic mass is 16.4. The fraction of sp³-hybridized carbons (Fsp3) is 0.821. The molecule has 2 rings (SSSR count). The Morgan fingerprint density at radius 2 is 1.71 bits per heavy atom. The Morgan fingerprint density at radius 3 is 2.24 bits per heavy atom. The SMILES string of the molecule is CCCCC(CC)CC1CC(C)(N)CC(CC(CC)CCCC)(C(=O)O)C1Nc1ncccn1. The van der Waals surface area contributed by atoms with E-state index in [0.29, 0.717) is 30.6 Å². The Balaban J connectivity index is 2.50. The van der Waals surface area contributed by atoms with Crippen LogP contribution in [0.25, 0.3) is 0 Å². The van der Waals surface area contributed by atoms with Crippen LogP contribution in [0.1, 0.15) is 112 Å². The van der Waals surface area contributed by atoms with Crippen LogP contribution in [0.4, 0.5) is 5.95 Å². The topological polar surface area (TPSA) is 101 Å². The molecule has 1 aromatic heterocycles. The Morgan fingerprint density at radius 1 is 1.12 bits per heavy atom. The van der Waals surface area contributed by atoms with E-state index in [1.807, 2.05) is 0 Å². The average Bonchev–Trinajstić information content (AvgIpc) is 2.81. The summed E-state index contributed by atoms with van der Waals surface area (Å²) in [5.74, 6) is 0.905. The first-order valence-corrected chi connectivity index (χ1v) is 13.8. The highest BCUT2D eigenvalue weighted by Gasteiger charge is 2.57. The Bertz CT molecular complexity index is 726. The second-order valence-electron chi connectivity index (χ2n) is 11.2. The normalized spacial score (nSPS) is 28.9. The van der Waals surface area contributed by atoms with Crippen molar-refractivity contribution in [1.82, 2.24) is 9.97 Å². The molecule has 1 saturated carbocycles. The summed E-state index contributed by atoms with van der Waals surface area (Å²) in [4.78, 5) is 22.1. The largest absolute Gasteiger partial charge is 0.481 e. The number of aliphatic carboxylic acids is 1. The van der Waals surface area contributed by atoms with Crippen molar-refractivity contribution in [2.75, 3.05) is 5.32 Å². The van der Waals surface area contributed by atoms with Crippen LogP contribution >= 0.6 is 0 Å². The van der Waals surface area contributed by atoms with E-state index in [0.717, 1.165) is 44.9 Å². The van der Waals surface area contributed by atoms with E-state index in [2.05, 4.69) is 49.9 Å². The molecule has 0 spiro atoms. The van der Waals surface area contributed by atoms with Crippen LogP contribution in [-0.2, 0) is 4.79 Å². The summed E-state index contributed by atoms with van der Waals surface area (Å²) in [7, 11) is 0. The summed E-state index contributed by atoms with van der Waals surface area (Å²) in [6.07, 6.45) is 15.4. The fourth-order valence-electron chi connectivity index (χ4n) is 6.42. The summed E-state index contributed by atoms with van der Waals surface area (Å²) in [5, 5.41) is 14.4. The van der Waals surface area contributed by atoms with Gasteiger partial charge in [-0.2, -0.15) is 0 Å². The molecule has 0 bridgehead atoms. The Hall–Kier alpha value is -1.69. The number of carboxylic acids is 1. The number of aromatic nitrogens is 2. The van der Waals surface area contributed by atoms with Crippen molar-refractivity contribution in [2.24, 2.45) is 28.9 Å². The highest BCUT2D eigenvalue weighted by molar-refractivity contribution is 5.77. The molecule has 34 heavy (non-hydrogen) atoms. The van der Waals surface area contributed by atoms with E-state index in [1.165, 1.54) is 19.3 Å². The van der Waals surface area contributed by atoms with Crippen LogP contribution in [0.3, 0.4) is 0 Å². The lowest BCUT2D eigenvalue weighted by molar-refractivity contribution is -0.157. The van der Waals surface area contributed by atoms with Crippen LogP contribution in [0.2, 0.25) is 0 Å². The van der Waals surface area contributed by atoms with Gasteiger partial charge in [0.2, 0.25) is 5.95 Å². The molecule has 0 radical (unpaired) electrons. The minimum Gasteiger partial charge on any atom is -0.481 e. The number of hydrogen-bond donors (Lipinski definition) is 3. The minimum absolute atomic E-state index is 0.161. The van der Waals surface area contributed by atoms with Gasteiger partial charge in [-0.1, -0.05) is 79.1 Å². The van der Waals surface area contributed by atoms with Crippen molar-refractivity contribution in [3.05, 3.63) is 18.5 Å². The molecule has 194 valence electrons. The molecule has 0 aliphatic heterocycles. The molecule has 6 nitrogen and oxygen atoms in total. The summed E-state index contributed by atoms with van der Waals surface area (Å²) < 4.78 is 0. The number of anilines is 1. The first-order chi connectivity index (χ1) is 16.2. The van der Waals surface area contributed by atoms with Crippen molar-refractivity contribution in [1.29, 1.82) is 0 Å². The number of hydrogen-bond acceptors (Lipinski definition) is 5. The van der Waals surface area contributed by atoms with E-state index in [-0.39, 0.29) is 12.0 Å². The van der Waals surface area contributed by atoms with Crippen molar-refractivity contribution < 1.29 is 9.90 Å². The predicted molar refractivity (Wildman–Crippen MR) is 141 cm³/mol. The summed E-state index contributed by atoms with van der Waals surface area (Å²) in [6, 6.07) is 1.55. The molecular formula is C28H50N4O2. The Labute approximate surface area is 207 Å². The number of carboxylic acid groups (broad SMARTS) is 1. The number of nitrogens with one attached hydrogen (secondary N) is 1. The molecule has 4 N–H and O–H groups in total. The zero-order valence-electron chi connectivity index (χ0n) is 22.4. The third-order valence-electron chi connectivity index (χ3n) is 8.17. The van der Waals surface area contributed by atoms with E-state index in [1.54, 1.807) is 18.5 Å². The first-order valence-electron chi connectivity index (χ1n) is 13.8. The second kappa shape index (κ2) is 13.4. The average molecular weight is 475 g/mol. The molecule has 1 heterocycles.